The molecule has 1 amide bonds. The molecule has 6 nitrogen and oxygen atoms in total. The molecular weight excluding hydrogens is 442 g/mol. The Morgan fingerprint density at radius 3 is 2.46 bits per heavy atom. The van der Waals surface area contributed by atoms with Crippen molar-refractivity contribution in [3.05, 3.63) is 0 Å². The lowest BCUT2D eigenvalue weighted by Gasteiger charge is -2.62. The van der Waals surface area contributed by atoms with Crippen molar-refractivity contribution < 1.29 is 24.5 Å². The third-order valence-electron chi connectivity index (χ3n) is 11.2. The Morgan fingerprint density at radius 2 is 1.71 bits per heavy atom. The number of nitrogens with one attached hydrogen (secondary N) is 1. The number of aliphatic hydroxyl groups excluding tert-OH is 2. The van der Waals surface area contributed by atoms with Crippen LogP contribution in [-0.4, -0.2) is 47.4 Å². The van der Waals surface area contributed by atoms with Gasteiger partial charge in [-0.2, -0.15) is 0 Å². The molecule has 0 aromatic heterocycles. The molecule has 0 spiro atoms. The van der Waals surface area contributed by atoms with Gasteiger partial charge in [-0.25, -0.2) is 0 Å². The molecule has 4 aliphatic rings. The van der Waals surface area contributed by atoms with E-state index in [9.17, 15) is 19.8 Å². The summed E-state index contributed by atoms with van der Waals surface area (Å²) in [7, 11) is 0. The lowest BCUT2D eigenvalue weighted by molar-refractivity contribution is -0.174. The molecule has 0 aromatic carbocycles. The predicted octanol–water partition coefficient (Wildman–Crippen LogP) is 4.46. The number of carbonyl (C=O) groups is 2. The van der Waals surface area contributed by atoms with Crippen molar-refractivity contribution in [2.75, 3.05) is 13.2 Å². The van der Waals surface area contributed by atoms with Crippen molar-refractivity contribution >= 4 is 11.9 Å². The fraction of sp³-hybridized carbons (Fsp3) is 0.931. The van der Waals surface area contributed by atoms with Gasteiger partial charge < -0.3 is 20.3 Å². The van der Waals surface area contributed by atoms with E-state index in [0.717, 1.165) is 32.1 Å². The first-order valence-electron chi connectivity index (χ1n) is 14.4. The summed E-state index contributed by atoms with van der Waals surface area (Å²) in [6.45, 7) is 9.75. The summed E-state index contributed by atoms with van der Waals surface area (Å²) in [4.78, 5) is 23.8. The minimum atomic E-state index is -0.267. The van der Waals surface area contributed by atoms with E-state index in [2.05, 4.69) is 26.1 Å². The molecule has 3 N–H and O–H groups in total. The van der Waals surface area contributed by atoms with Crippen LogP contribution in [0, 0.1) is 46.3 Å². The van der Waals surface area contributed by atoms with Gasteiger partial charge in [-0.1, -0.05) is 20.8 Å². The lowest BCUT2D eigenvalue weighted by atomic mass is 9.43. The second-order valence-corrected chi connectivity index (χ2v) is 12.9. The Hall–Kier alpha value is -1.14. The molecule has 4 aliphatic carbocycles. The number of esters is 1. The largest absolute Gasteiger partial charge is 0.466 e. The number of hydrogen-bond donors (Lipinski definition) is 3. The average molecular weight is 492 g/mol. The summed E-state index contributed by atoms with van der Waals surface area (Å²) in [5, 5.41) is 24.5. The zero-order valence-corrected chi connectivity index (χ0v) is 22.4. The summed E-state index contributed by atoms with van der Waals surface area (Å²) in [6.07, 6.45) is 9.68. The molecule has 0 saturated heterocycles. The van der Waals surface area contributed by atoms with E-state index in [1.807, 2.05) is 0 Å². The Labute approximate surface area is 212 Å². The zero-order valence-electron chi connectivity index (χ0n) is 22.4. The minimum absolute atomic E-state index is 0.0192. The fourth-order valence-corrected chi connectivity index (χ4v) is 9.36. The maximum atomic E-state index is 12.4. The lowest BCUT2D eigenvalue weighted by Crippen LogP contribution is -2.58. The molecule has 4 fully saturated rings. The van der Waals surface area contributed by atoms with Gasteiger partial charge in [0.05, 0.1) is 25.2 Å². The second-order valence-electron chi connectivity index (χ2n) is 12.9. The highest BCUT2D eigenvalue weighted by atomic mass is 16.5. The zero-order chi connectivity index (χ0) is 25.4. The second kappa shape index (κ2) is 10.7. The van der Waals surface area contributed by atoms with Crippen LogP contribution in [0.15, 0.2) is 0 Å². The molecule has 4 rings (SSSR count). The van der Waals surface area contributed by atoms with Crippen molar-refractivity contribution in [3.63, 3.8) is 0 Å². The highest BCUT2D eigenvalue weighted by Crippen LogP contribution is 2.68. The number of aliphatic hydroxyl groups is 2. The fourth-order valence-electron chi connectivity index (χ4n) is 9.36. The van der Waals surface area contributed by atoms with E-state index in [1.165, 1.54) is 25.7 Å². The van der Waals surface area contributed by atoms with Crippen molar-refractivity contribution in [1.82, 2.24) is 5.32 Å². The van der Waals surface area contributed by atoms with Crippen LogP contribution in [0.1, 0.15) is 98.3 Å². The Balaban J connectivity index is 1.35. The van der Waals surface area contributed by atoms with E-state index in [4.69, 9.17) is 4.74 Å². The van der Waals surface area contributed by atoms with Crippen LogP contribution in [0.3, 0.4) is 0 Å². The van der Waals surface area contributed by atoms with Crippen LogP contribution in [0.4, 0.5) is 0 Å². The smallest absolute Gasteiger partial charge is 0.307 e. The Bertz CT molecular complexity index is 772. The van der Waals surface area contributed by atoms with Gasteiger partial charge >= 0.3 is 5.97 Å². The molecule has 0 heterocycles. The highest BCUT2D eigenvalue weighted by molar-refractivity contribution is 5.77. The van der Waals surface area contributed by atoms with E-state index in [0.29, 0.717) is 55.1 Å². The third-order valence-corrected chi connectivity index (χ3v) is 11.2. The molecule has 0 bridgehead atoms. The van der Waals surface area contributed by atoms with Gasteiger partial charge in [-0.05, 0) is 111 Å². The molecule has 4 saturated carbocycles. The normalized spacial score (nSPS) is 43.4. The van der Waals surface area contributed by atoms with E-state index < -0.39 is 0 Å². The molecule has 200 valence electrons. The highest BCUT2D eigenvalue weighted by Gasteiger charge is 2.62. The number of fused-ring (bicyclic) bond motifs is 5. The number of amides is 1. The Morgan fingerprint density at radius 1 is 1.00 bits per heavy atom. The maximum absolute atomic E-state index is 12.4. The summed E-state index contributed by atoms with van der Waals surface area (Å²) >= 11 is 0. The SMILES string of the molecule is CCOC(=O)CCNC(=O)CCC(C)C1CCC2C3C(O)C[C@@H]4C[C@H](O)CC[C@]4(C)C3CC[C@]12C. The van der Waals surface area contributed by atoms with Crippen molar-refractivity contribution in [2.24, 2.45) is 46.3 Å². The van der Waals surface area contributed by atoms with Crippen LogP contribution < -0.4 is 5.32 Å². The molecule has 0 aromatic rings. The van der Waals surface area contributed by atoms with Crippen LogP contribution in [0.5, 0.6) is 0 Å². The van der Waals surface area contributed by atoms with Crippen LogP contribution in [0.2, 0.25) is 0 Å². The molecule has 0 aliphatic heterocycles. The van der Waals surface area contributed by atoms with Gasteiger partial charge in [0.15, 0.2) is 0 Å². The van der Waals surface area contributed by atoms with Gasteiger partial charge in [0.25, 0.3) is 0 Å². The van der Waals surface area contributed by atoms with E-state index in [1.54, 1.807) is 6.92 Å². The number of carbonyl (C=O) groups excluding carboxylic acids is 2. The molecule has 0 radical (unpaired) electrons. The van der Waals surface area contributed by atoms with Crippen LogP contribution in [-0.2, 0) is 14.3 Å². The van der Waals surface area contributed by atoms with Gasteiger partial charge in [0, 0.05) is 13.0 Å². The number of rotatable bonds is 8. The number of hydrogen-bond acceptors (Lipinski definition) is 5. The van der Waals surface area contributed by atoms with Gasteiger partial charge in [0.1, 0.15) is 0 Å². The molecule has 6 unspecified atom stereocenters. The topological polar surface area (TPSA) is 95.9 Å². The van der Waals surface area contributed by atoms with Gasteiger partial charge in [0.2, 0.25) is 5.91 Å². The molecular formula is C29H49NO5. The van der Waals surface area contributed by atoms with Crippen LogP contribution >= 0.6 is 0 Å². The number of ether oxygens (including phenoxy) is 1. The summed E-state index contributed by atoms with van der Waals surface area (Å²) < 4.78 is 4.92. The quantitative estimate of drug-likeness (QED) is 0.436. The maximum Gasteiger partial charge on any atom is 0.307 e. The first kappa shape index (κ1) is 26.9. The summed E-state index contributed by atoms with van der Waals surface area (Å²) in [6, 6.07) is 0. The summed E-state index contributed by atoms with van der Waals surface area (Å²) in [5.41, 5.74) is 0.495. The van der Waals surface area contributed by atoms with Gasteiger partial charge in [-0.15, -0.1) is 0 Å². The predicted molar refractivity (Wildman–Crippen MR) is 135 cm³/mol. The molecule has 10 atom stereocenters. The van der Waals surface area contributed by atoms with Crippen LogP contribution in [0.25, 0.3) is 0 Å². The van der Waals surface area contributed by atoms with Crippen molar-refractivity contribution in [1.29, 1.82) is 0 Å². The van der Waals surface area contributed by atoms with E-state index in [-0.39, 0.29) is 41.3 Å². The molecule has 6 heteroatoms. The van der Waals surface area contributed by atoms with Crippen molar-refractivity contribution in [2.45, 2.75) is 111 Å². The third kappa shape index (κ3) is 5.16. The van der Waals surface area contributed by atoms with E-state index >= 15 is 0 Å². The van der Waals surface area contributed by atoms with Gasteiger partial charge in [-0.3, -0.25) is 9.59 Å². The molecule has 35 heavy (non-hydrogen) atoms. The first-order chi connectivity index (χ1) is 16.6. The monoisotopic (exact) mass is 491 g/mol. The first-order valence-corrected chi connectivity index (χ1v) is 14.4. The average Bonchev–Trinajstić information content (AvgIpc) is 3.16. The Kier molecular flexibility index (Phi) is 8.22. The standard InChI is InChI=1S/C29H49NO5/c1-5-35-26(34)12-15-30-25(33)9-6-18(2)21-7-8-22-27-23(11-14-29(21,22)4)28(3)13-10-20(31)16-19(28)17-24(27)32/h18-24,27,31-32H,5-17H2,1-4H3,(H,30,33)/t18?,19-,20+,21?,22?,23?,24?,27?,28-,29+/m0/s1. The summed E-state index contributed by atoms with van der Waals surface area (Å²) in [5.74, 6) is 2.77. The van der Waals surface area contributed by atoms with Crippen molar-refractivity contribution in [3.8, 4) is 0 Å². The minimum Gasteiger partial charge on any atom is -0.466 e.